The fourth-order valence-corrected chi connectivity index (χ4v) is 9.53. The zero-order chi connectivity index (χ0) is 30.2. The number of hydrogen-bond acceptors (Lipinski definition) is 2. The number of pyridine rings is 1. The summed E-state index contributed by atoms with van der Waals surface area (Å²) in [7, 11) is 0. The lowest BCUT2D eigenvalue weighted by Gasteiger charge is -2.50. The van der Waals surface area contributed by atoms with E-state index in [1.54, 1.807) is 0 Å². The summed E-state index contributed by atoms with van der Waals surface area (Å²) in [4.78, 5) is 7.19. The molecule has 0 saturated carbocycles. The second-order valence-electron chi connectivity index (χ2n) is 14.3. The summed E-state index contributed by atoms with van der Waals surface area (Å²) in [5, 5.41) is 0. The van der Waals surface area contributed by atoms with Gasteiger partial charge >= 0.3 is 0 Å². The second kappa shape index (κ2) is 8.46. The first-order chi connectivity index (χ1) is 21.9. The maximum Gasteiger partial charge on any atom is 0.247 e. The largest absolute Gasteiger partial charge is 0.313 e. The van der Waals surface area contributed by atoms with Crippen LogP contribution < -0.4 is 37.7 Å². The molecule has 4 heteroatoms. The first-order valence-electron chi connectivity index (χ1n) is 16.2. The second-order valence-corrected chi connectivity index (χ2v) is 14.3. The van der Waals surface area contributed by atoms with Gasteiger partial charge in [-0.05, 0) is 73.4 Å². The summed E-state index contributed by atoms with van der Waals surface area (Å²) < 4.78 is 0. The molecular weight excluding hydrogens is 542 g/mol. The zero-order valence-electron chi connectivity index (χ0n) is 26.1. The molecular formula is C41H32B2N2. The third kappa shape index (κ3) is 3.05. The lowest BCUT2D eigenvalue weighted by Crippen LogP contribution is -2.70. The summed E-state index contributed by atoms with van der Waals surface area (Å²) in [5.74, 6) is 0. The van der Waals surface area contributed by atoms with Gasteiger partial charge in [0.2, 0.25) is 13.4 Å². The van der Waals surface area contributed by atoms with E-state index in [0.29, 0.717) is 0 Å². The smallest absolute Gasteiger partial charge is 0.247 e. The molecule has 212 valence electrons. The van der Waals surface area contributed by atoms with Crippen LogP contribution in [0.15, 0.2) is 122 Å². The molecule has 5 aromatic carbocycles. The van der Waals surface area contributed by atoms with E-state index in [-0.39, 0.29) is 24.3 Å². The summed E-state index contributed by atoms with van der Waals surface area (Å²) in [5.41, 5.74) is 20.5. The van der Waals surface area contributed by atoms with Crippen LogP contribution in [0.2, 0.25) is 0 Å². The molecule has 4 aliphatic rings. The lowest BCUT2D eigenvalue weighted by atomic mass is 9.26. The van der Waals surface area contributed by atoms with Gasteiger partial charge in [-0.1, -0.05) is 130 Å². The average molecular weight is 574 g/mol. The number of rotatable bonds is 1. The summed E-state index contributed by atoms with van der Waals surface area (Å²) >= 11 is 0. The molecule has 2 nitrogen and oxygen atoms in total. The molecule has 4 aliphatic heterocycles. The first kappa shape index (κ1) is 25.5. The van der Waals surface area contributed by atoms with Gasteiger partial charge in [0.25, 0.3) is 0 Å². The van der Waals surface area contributed by atoms with Crippen molar-refractivity contribution in [2.45, 2.75) is 38.5 Å². The minimum atomic E-state index is -0.102. The van der Waals surface area contributed by atoms with Crippen LogP contribution in [0.3, 0.4) is 0 Å². The topological polar surface area (TPSA) is 16.1 Å². The maximum atomic E-state index is 4.56. The van der Waals surface area contributed by atoms with Crippen molar-refractivity contribution in [3.8, 4) is 11.1 Å². The van der Waals surface area contributed by atoms with E-state index in [1.807, 2.05) is 12.4 Å². The zero-order valence-corrected chi connectivity index (χ0v) is 26.1. The molecule has 0 radical (unpaired) electrons. The van der Waals surface area contributed by atoms with Crippen molar-refractivity contribution in [1.29, 1.82) is 0 Å². The summed E-state index contributed by atoms with van der Waals surface area (Å²) in [6.45, 7) is 9.92. The molecule has 1 aromatic heterocycles. The molecule has 0 N–H and O–H groups in total. The van der Waals surface area contributed by atoms with Gasteiger partial charge in [-0.2, -0.15) is 0 Å². The van der Waals surface area contributed by atoms with E-state index in [4.69, 9.17) is 0 Å². The minimum absolute atomic E-state index is 0.102. The van der Waals surface area contributed by atoms with Crippen LogP contribution in [-0.2, 0) is 10.8 Å². The average Bonchev–Trinajstić information content (AvgIpc) is 3.07. The highest BCUT2D eigenvalue weighted by Gasteiger charge is 2.51. The van der Waals surface area contributed by atoms with Crippen LogP contribution in [0, 0.1) is 0 Å². The predicted molar refractivity (Wildman–Crippen MR) is 191 cm³/mol. The quantitative estimate of drug-likeness (QED) is 0.252. The molecule has 0 unspecified atom stereocenters. The Labute approximate surface area is 266 Å². The number of hydrogen-bond donors (Lipinski definition) is 0. The number of fused-ring (bicyclic) bond motifs is 8. The maximum absolute atomic E-state index is 4.56. The van der Waals surface area contributed by atoms with Crippen molar-refractivity contribution in [1.82, 2.24) is 4.98 Å². The van der Waals surface area contributed by atoms with E-state index in [1.165, 1.54) is 77.7 Å². The predicted octanol–water partition coefficient (Wildman–Crippen LogP) is 5.16. The molecule has 0 amide bonds. The molecule has 0 aliphatic carbocycles. The molecule has 6 aromatic rings. The molecule has 0 atom stereocenters. The minimum Gasteiger partial charge on any atom is -0.313 e. The highest BCUT2D eigenvalue weighted by atomic mass is 15.2. The third-order valence-electron chi connectivity index (χ3n) is 11.5. The summed E-state index contributed by atoms with van der Waals surface area (Å²) in [6.07, 6.45) is 3.89. The number of nitrogens with zero attached hydrogens (tertiary/aromatic N) is 2. The fourth-order valence-electron chi connectivity index (χ4n) is 9.53. The Bertz CT molecular complexity index is 2110. The lowest BCUT2D eigenvalue weighted by molar-refractivity contribution is 0.645. The van der Waals surface area contributed by atoms with E-state index >= 15 is 0 Å². The molecule has 0 saturated heterocycles. The van der Waals surface area contributed by atoms with Gasteiger partial charge in [0, 0.05) is 40.3 Å². The third-order valence-corrected chi connectivity index (χ3v) is 11.5. The van der Waals surface area contributed by atoms with Crippen molar-refractivity contribution in [3.05, 3.63) is 144 Å². The normalized spacial score (nSPS) is 16.7. The van der Waals surface area contributed by atoms with Crippen LogP contribution in [0.5, 0.6) is 0 Å². The Hall–Kier alpha value is -4.82. The van der Waals surface area contributed by atoms with Gasteiger partial charge in [-0.15, -0.1) is 0 Å². The molecule has 10 rings (SSSR count). The molecule has 0 bridgehead atoms. The Balaban J connectivity index is 1.40. The highest BCUT2D eigenvalue weighted by molar-refractivity contribution is 7.03. The van der Waals surface area contributed by atoms with Gasteiger partial charge in [0.1, 0.15) is 0 Å². The Morgan fingerprint density at radius 1 is 0.511 bits per heavy atom. The van der Waals surface area contributed by atoms with E-state index < -0.39 is 0 Å². The molecule has 5 heterocycles. The molecule has 0 fully saturated rings. The monoisotopic (exact) mass is 574 g/mol. The van der Waals surface area contributed by atoms with Crippen molar-refractivity contribution in [3.63, 3.8) is 0 Å². The Kier molecular flexibility index (Phi) is 4.79. The summed E-state index contributed by atoms with van der Waals surface area (Å²) in [6, 6.07) is 41.7. The number of anilines is 3. The van der Waals surface area contributed by atoms with Crippen LogP contribution in [0.25, 0.3) is 11.1 Å². The first-order valence-corrected chi connectivity index (χ1v) is 16.2. The van der Waals surface area contributed by atoms with E-state index in [2.05, 4.69) is 147 Å². The van der Waals surface area contributed by atoms with Crippen molar-refractivity contribution in [2.24, 2.45) is 0 Å². The van der Waals surface area contributed by atoms with Crippen LogP contribution in [0.4, 0.5) is 17.1 Å². The Morgan fingerprint density at radius 2 is 1.02 bits per heavy atom. The fraction of sp³-hybridized carbons (Fsp3) is 0.146. The molecule has 0 spiro atoms. The number of benzene rings is 5. The van der Waals surface area contributed by atoms with Crippen molar-refractivity contribution in [2.75, 3.05) is 4.90 Å². The van der Waals surface area contributed by atoms with Gasteiger partial charge in [0.15, 0.2) is 0 Å². The van der Waals surface area contributed by atoms with Crippen LogP contribution in [-0.4, -0.2) is 18.4 Å². The van der Waals surface area contributed by atoms with Gasteiger partial charge < -0.3 is 4.90 Å². The Morgan fingerprint density at radius 3 is 1.53 bits per heavy atom. The van der Waals surface area contributed by atoms with Gasteiger partial charge in [-0.3, -0.25) is 4.98 Å². The van der Waals surface area contributed by atoms with E-state index in [9.17, 15) is 0 Å². The highest BCUT2D eigenvalue weighted by Crippen LogP contribution is 2.46. The standard InChI is InChI=1S/C41H32B2N2/c1-40(2)27-13-5-7-17-31(27)42-33-22-26(25-12-11-21-44-24-25)23-34-39(33)45(35-19-9-15-29(40)37(35)42)36-20-10-16-30-38(36)43(34)32-18-8-6-14-28(32)41(30,3)4/h5-24H,1-4H3. The number of aromatic nitrogens is 1. The van der Waals surface area contributed by atoms with Gasteiger partial charge in [0.05, 0.1) is 0 Å². The SMILES string of the molecule is CC1(C)c2ccccc2B2c3cc(-c4cccnc4)cc4c3N(c3cccc1c32)c1cccc2c1B4c1ccccc1C2(C)C. The molecule has 45 heavy (non-hydrogen) atoms. The van der Waals surface area contributed by atoms with Crippen LogP contribution >= 0.6 is 0 Å². The van der Waals surface area contributed by atoms with Gasteiger partial charge in [-0.25, -0.2) is 0 Å². The van der Waals surface area contributed by atoms with Crippen molar-refractivity contribution >= 4 is 63.3 Å². The van der Waals surface area contributed by atoms with E-state index in [0.717, 1.165) is 5.56 Å². The van der Waals surface area contributed by atoms with Crippen LogP contribution in [0.1, 0.15) is 49.9 Å². The van der Waals surface area contributed by atoms with Crippen molar-refractivity contribution < 1.29 is 0 Å².